The van der Waals surface area contributed by atoms with Crippen molar-refractivity contribution in [2.75, 3.05) is 26.7 Å². The molecule has 2 rings (SSSR count). The molecule has 7 heteroatoms. The Bertz CT molecular complexity index is 410. The molecule has 0 aromatic rings. The predicted octanol–water partition coefficient (Wildman–Crippen LogP) is 2.81. The minimum absolute atomic E-state index is 0. The van der Waals surface area contributed by atoms with Gasteiger partial charge in [0.25, 0.3) is 0 Å². The van der Waals surface area contributed by atoms with Crippen molar-refractivity contribution in [3.05, 3.63) is 0 Å². The highest BCUT2D eigenvalue weighted by atomic mass is 35.5. The quantitative estimate of drug-likeness (QED) is 0.560. The van der Waals surface area contributed by atoms with Gasteiger partial charge in [-0.3, -0.25) is 4.79 Å². The van der Waals surface area contributed by atoms with Crippen LogP contribution in [0.3, 0.4) is 0 Å². The van der Waals surface area contributed by atoms with Crippen molar-refractivity contribution in [3.8, 4) is 0 Å². The molecule has 0 bridgehead atoms. The summed E-state index contributed by atoms with van der Waals surface area (Å²) < 4.78 is 0. The van der Waals surface area contributed by atoms with Crippen LogP contribution in [0.4, 0.5) is 4.79 Å². The van der Waals surface area contributed by atoms with Gasteiger partial charge in [0, 0.05) is 32.1 Å². The standard InChI is InChI=1S/C19H36N4O2.ClH/c1-23(17-11-14-20-15-12-17)18(24)10-6-3-7-13-21-19(25)22-16-8-4-2-5-9-16;/h16-17,20H,2-15H2,1H3,(H2,21,22,25);1H. The van der Waals surface area contributed by atoms with Gasteiger partial charge in [0.15, 0.2) is 0 Å². The first-order valence-corrected chi connectivity index (χ1v) is 10.2. The molecule has 1 heterocycles. The summed E-state index contributed by atoms with van der Waals surface area (Å²) in [5, 5.41) is 9.34. The van der Waals surface area contributed by atoms with Gasteiger partial charge in [0.1, 0.15) is 0 Å². The Labute approximate surface area is 164 Å². The summed E-state index contributed by atoms with van der Waals surface area (Å²) in [4.78, 5) is 26.0. The predicted molar refractivity (Wildman–Crippen MR) is 108 cm³/mol. The van der Waals surface area contributed by atoms with E-state index in [0.717, 1.165) is 58.0 Å². The second kappa shape index (κ2) is 13.2. The zero-order valence-electron chi connectivity index (χ0n) is 16.2. The van der Waals surface area contributed by atoms with Gasteiger partial charge in [0.2, 0.25) is 5.91 Å². The third-order valence-electron chi connectivity index (χ3n) is 5.54. The van der Waals surface area contributed by atoms with E-state index in [4.69, 9.17) is 0 Å². The van der Waals surface area contributed by atoms with E-state index >= 15 is 0 Å². The van der Waals surface area contributed by atoms with Gasteiger partial charge in [-0.2, -0.15) is 0 Å². The lowest BCUT2D eigenvalue weighted by atomic mass is 9.96. The molecular weight excluding hydrogens is 352 g/mol. The molecule has 6 nitrogen and oxygen atoms in total. The molecular formula is C19H37ClN4O2. The summed E-state index contributed by atoms with van der Waals surface area (Å²) in [7, 11) is 1.94. The fourth-order valence-corrected chi connectivity index (χ4v) is 3.84. The topological polar surface area (TPSA) is 73.5 Å². The molecule has 2 fully saturated rings. The number of amides is 3. The highest BCUT2D eigenvalue weighted by molar-refractivity contribution is 5.85. The van der Waals surface area contributed by atoms with Crippen LogP contribution in [0.2, 0.25) is 0 Å². The van der Waals surface area contributed by atoms with E-state index in [1.165, 1.54) is 19.3 Å². The Morgan fingerprint density at radius 1 is 1.00 bits per heavy atom. The molecule has 1 aliphatic carbocycles. The maximum absolute atomic E-state index is 12.2. The third-order valence-corrected chi connectivity index (χ3v) is 5.54. The fourth-order valence-electron chi connectivity index (χ4n) is 3.84. The molecule has 0 unspecified atom stereocenters. The molecule has 0 atom stereocenters. The van der Waals surface area contributed by atoms with Gasteiger partial charge >= 0.3 is 6.03 Å². The lowest BCUT2D eigenvalue weighted by Gasteiger charge is -2.31. The van der Waals surface area contributed by atoms with Crippen molar-refractivity contribution >= 4 is 24.3 Å². The van der Waals surface area contributed by atoms with Crippen LogP contribution in [0, 0.1) is 0 Å². The summed E-state index contributed by atoms with van der Waals surface area (Å²) >= 11 is 0. The Morgan fingerprint density at radius 3 is 2.38 bits per heavy atom. The molecule has 2 aliphatic rings. The average Bonchev–Trinajstić information content (AvgIpc) is 2.65. The first kappa shape index (κ1) is 23.0. The van der Waals surface area contributed by atoms with Crippen LogP contribution in [0.5, 0.6) is 0 Å². The number of unbranched alkanes of at least 4 members (excludes halogenated alkanes) is 2. The van der Waals surface area contributed by atoms with E-state index < -0.39 is 0 Å². The third kappa shape index (κ3) is 8.58. The number of hydrogen-bond donors (Lipinski definition) is 3. The zero-order valence-corrected chi connectivity index (χ0v) is 17.0. The van der Waals surface area contributed by atoms with Gasteiger partial charge in [-0.1, -0.05) is 25.7 Å². The van der Waals surface area contributed by atoms with Gasteiger partial charge in [-0.05, 0) is 51.6 Å². The van der Waals surface area contributed by atoms with Crippen molar-refractivity contribution < 1.29 is 9.59 Å². The SMILES string of the molecule is CN(C(=O)CCCCCNC(=O)NC1CCCCC1)C1CCNCC1.Cl. The first-order valence-electron chi connectivity index (χ1n) is 10.2. The summed E-state index contributed by atoms with van der Waals surface area (Å²) in [5.41, 5.74) is 0. The van der Waals surface area contributed by atoms with E-state index in [2.05, 4.69) is 16.0 Å². The Hall–Kier alpha value is -1.01. The van der Waals surface area contributed by atoms with Crippen LogP contribution < -0.4 is 16.0 Å². The zero-order chi connectivity index (χ0) is 17.9. The van der Waals surface area contributed by atoms with Crippen LogP contribution in [0.25, 0.3) is 0 Å². The first-order chi connectivity index (χ1) is 12.2. The monoisotopic (exact) mass is 388 g/mol. The molecule has 3 amide bonds. The van der Waals surface area contributed by atoms with E-state index in [1.807, 2.05) is 11.9 Å². The molecule has 0 aromatic carbocycles. The molecule has 0 radical (unpaired) electrons. The number of hydrogen-bond acceptors (Lipinski definition) is 3. The van der Waals surface area contributed by atoms with E-state index in [-0.39, 0.29) is 24.3 Å². The fraction of sp³-hybridized carbons (Fsp3) is 0.895. The molecule has 152 valence electrons. The number of rotatable bonds is 8. The van der Waals surface area contributed by atoms with Crippen LogP contribution in [0.1, 0.15) is 70.6 Å². The van der Waals surface area contributed by atoms with E-state index in [1.54, 1.807) is 0 Å². The van der Waals surface area contributed by atoms with Gasteiger partial charge in [-0.25, -0.2) is 4.79 Å². The molecule has 1 saturated heterocycles. The molecule has 0 aromatic heterocycles. The number of piperidine rings is 1. The van der Waals surface area contributed by atoms with E-state index in [0.29, 0.717) is 25.0 Å². The van der Waals surface area contributed by atoms with Crippen molar-refractivity contribution in [1.29, 1.82) is 0 Å². The highest BCUT2D eigenvalue weighted by Gasteiger charge is 2.21. The molecule has 26 heavy (non-hydrogen) atoms. The molecule has 1 saturated carbocycles. The van der Waals surface area contributed by atoms with Gasteiger partial charge < -0.3 is 20.9 Å². The second-order valence-electron chi connectivity index (χ2n) is 7.53. The number of nitrogens with zero attached hydrogens (tertiary/aromatic N) is 1. The van der Waals surface area contributed by atoms with Crippen molar-refractivity contribution in [2.24, 2.45) is 0 Å². The van der Waals surface area contributed by atoms with Crippen LogP contribution in [-0.2, 0) is 4.79 Å². The Kier molecular flexibility index (Phi) is 11.7. The smallest absolute Gasteiger partial charge is 0.315 e. The summed E-state index contributed by atoms with van der Waals surface area (Å²) in [5.74, 6) is 0.259. The van der Waals surface area contributed by atoms with Gasteiger partial charge in [-0.15, -0.1) is 12.4 Å². The Morgan fingerprint density at radius 2 is 1.69 bits per heavy atom. The number of carbonyl (C=O) groups excluding carboxylic acids is 2. The van der Waals surface area contributed by atoms with E-state index in [9.17, 15) is 9.59 Å². The lowest BCUT2D eigenvalue weighted by Crippen LogP contribution is -2.43. The normalized spacial score (nSPS) is 18.7. The second-order valence-corrected chi connectivity index (χ2v) is 7.53. The minimum atomic E-state index is -0.0337. The van der Waals surface area contributed by atoms with Crippen molar-refractivity contribution in [1.82, 2.24) is 20.9 Å². The number of nitrogens with one attached hydrogen (secondary N) is 3. The Balaban J connectivity index is 0.00000338. The largest absolute Gasteiger partial charge is 0.343 e. The molecule has 3 N–H and O–H groups in total. The molecule has 0 spiro atoms. The summed E-state index contributed by atoms with van der Waals surface area (Å²) in [6.45, 7) is 2.71. The lowest BCUT2D eigenvalue weighted by molar-refractivity contribution is -0.132. The maximum atomic E-state index is 12.2. The molecule has 1 aliphatic heterocycles. The van der Waals surface area contributed by atoms with Gasteiger partial charge in [0.05, 0.1) is 0 Å². The number of halogens is 1. The maximum Gasteiger partial charge on any atom is 0.315 e. The van der Waals surface area contributed by atoms with Crippen LogP contribution in [-0.4, -0.2) is 55.6 Å². The number of urea groups is 1. The average molecular weight is 389 g/mol. The van der Waals surface area contributed by atoms with Crippen molar-refractivity contribution in [3.63, 3.8) is 0 Å². The number of carbonyl (C=O) groups is 2. The van der Waals surface area contributed by atoms with Crippen molar-refractivity contribution in [2.45, 2.75) is 82.7 Å². The summed E-state index contributed by atoms with van der Waals surface area (Å²) in [6, 6.07) is 0.726. The minimum Gasteiger partial charge on any atom is -0.343 e. The van der Waals surface area contributed by atoms with Crippen LogP contribution in [0.15, 0.2) is 0 Å². The highest BCUT2D eigenvalue weighted by Crippen LogP contribution is 2.17. The summed E-state index contributed by atoms with van der Waals surface area (Å²) in [6.07, 6.45) is 11.5. The van der Waals surface area contributed by atoms with Crippen LogP contribution >= 0.6 is 12.4 Å².